The number of hydrogen-bond donors (Lipinski definition) is 1. The molecule has 8 nitrogen and oxygen atoms in total. The molecule has 1 unspecified atom stereocenters. The van der Waals surface area contributed by atoms with E-state index in [1.807, 2.05) is 24.9 Å². The molecular weight excluding hydrogens is 392 g/mol. The first-order chi connectivity index (χ1) is 13.7. The largest absolute Gasteiger partial charge is 0.353 e. The van der Waals surface area contributed by atoms with Crippen molar-refractivity contribution in [2.24, 2.45) is 5.14 Å². The van der Waals surface area contributed by atoms with Gasteiger partial charge in [-0.15, -0.1) is 0 Å². The molecule has 0 amide bonds. The summed E-state index contributed by atoms with van der Waals surface area (Å²) in [7, 11) is -1.94. The second kappa shape index (κ2) is 7.98. The van der Waals surface area contributed by atoms with Crippen molar-refractivity contribution in [3.05, 3.63) is 82.4 Å². The van der Waals surface area contributed by atoms with Crippen molar-refractivity contribution in [3.63, 3.8) is 0 Å². The lowest BCUT2D eigenvalue weighted by Crippen LogP contribution is -2.23. The van der Waals surface area contributed by atoms with E-state index >= 15 is 0 Å². The molecule has 0 fully saturated rings. The number of nitrogens with zero attached hydrogens (tertiary/aromatic N) is 3. The maximum absolute atomic E-state index is 11.4. The van der Waals surface area contributed by atoms with Crippen molar-refractivity contribution in [3.8, 4) is 11.3 Å². The maximum atomic E-state index is 11.4. The van der Waals surface area contributed by atoms with Crippen LogP contribution in [0.1, 0.15) is 18.5 Å². The number of nitro groups is 1. The third-order valence-electron chi connectivity index (χ3n) is 4.74. The van der Waals surface area contributed by atoms with Crippen LogP contribution in [0.4, 0.5) is 11.5 Å². The lowest BCUT2D eigenvalue weighted by molar-refractivity contribution is -0.384. The SMILES string of the molecule is CC(c1ccc(S(N)(=O)=O)cc1)N(C)c1ccc([N+](=O)[O-])c(-c2ccccc2)n1. The number of sulfonamides is 1. The number of aromatic nitrogens is 1. The zero-order valence-corrected chi connectivity index (χ0v) is 16.7. The lowest BCUT2D eigenvalue weighted by Gasteiger charge is -2.27. The van der Waals surface area contributed by atoms with Crippen LogP contribution in [-0.4, -0.2) is 25.4 Å². The highest BCUT2D eigenvalue weighted by atomic mass is 32.2. The van der Waals surface area contributed by atoms with Gasteiger partial charge in [-0.25, -0.2) is 18.5 Å². The van der Waals surface area contributed by atoms with Crippen LogP contribution in [0.2, 0.25) is 0 Å². The van der Waals surface area contributed by atoms with Gasteiger partial charge in [0.25, 0.3) is 5.69 Å². The molecule has 1 aromatic heterocycles. The van der Waals surface area contributed by atoms with Crippen LogP contribution in [0.5, 0.6) is 0 Å². The standard InChI is InChI=1S/C20H20N4O4S/c1-14(15-8-10-17(11-9-15)29(21,27)28)23(2)19-13-12-18(24(25)26)20(22-19)16-6-4-3-5-7-16/h3-14H,1-2H3,(H2,21,27,28). The fraction of sp³-hybridized carbons (Fsp3) is 0.150. The number of hydrogen-bond acceptors (Lipinski definition) is 6. The number of rotatable bonds is 6. The van der Waals surface area contributed by atoms with Crippen molar-refractivity contribution in [1.82, 2.24) is 4.98 Å². The van der Waals surface area contributed by atoms with Gasteiger partial charge in [0.2, 0.25) is 10.0 Å². The van der Waals surface area contributed by atoms with Gasteiger partial charge in [-0.05, 0) is 30.7 Å². The summed E-state index contributed by atoms with van der Waals surface area (Å²) in [4.78, 5) is 17.4. The first kappa shape index (κ1) is 20.4. The van der Waals surface area contributed by atoms with Crippen molar-refractivity contribution >= 4 is 21.5 Å². The summed E-state index contributed by atoms with van der Waals surface area (Å²) < 4.78 is 22.9. The average molecular weight is 412 g/mol. The molecule has 9 heteroatoms. The van der Waals surface area contributed by atoms with Gasteiger partial charge in [0.1, 0.15) is 5.82 Å². The molecule has 29 heavy (non-hydrogen) atoms. The van der Waals surface area contributed by atoms with Crippen molar-refractivity contribution in [1.29, 1.82) is 0 Å². The van der Waals surface area contributed by atoms with E-state index in [1.54, 1.807) is 42.5 Å². The summed E-state index contributed by atoms with van der Waals surface area (Å²) in [5.41, 5.74) is 1.72. The predicted octanol–water partition coefficient (Wildman–Crippen LogP) is 3.50. The number of pyridine rings is 1. The van der Waals surface area contributed by atoms with E-state index in [0.29, 0.717) is 11.4 Å². The molecule has 2 aromatic carbocycles. The van der Waals surface area contributed by atoms with E-state index in [4.69, 9.17) is 5.14 Å². The first-order valence-electron chi connectivity index (χ1n) is 8.75. The number of anilines is 1. The number of nitrogens with two attached hydrogens (primary N) is 1. The van der Waals surface area contributed by atoms with Crippen molar-refractivity contribution in [2.75, 3.05) is 11.9 Å². The fourth-order valence-corrected chi connectivity index (χ4v) is 3.47. The molecule has 1 heterocycles. The molecule has 150 valence electrons. The molecule has 0 spiro atoms. The predicted molar refractivity (Wildman–Crippen MR) is 111 cm³/mol. The minimum Gasteiger partial charge on any atom is -0.353 e. The highest BCUT2D eigenvalue weighted by Crippen LogP contribution is 2.32. The monoisotopic (exact) mass is 412 g/mol. The van der Waals surface area contributed by atoms with Crippen LogP contribution >= 0.6 is 0 Å². The van der Waals surface area contributed by atoms with E-state index in [9.17, 15) is 18.5 Å². The van der Waals surface area contributed by atoms with Crippen LogP contribution < -0.4 is 10.0 Å². The van der Waals surface area contributed by atoms with Crippen LogP contribution in [0.25, 0.3) is 11.3 Å². The van der Waals surface area contributed by atoms with Gasteiger partial charge < -0.3 is 4.90 Å². The van der Waals surface area contributed by atoms with Crippen LogP contribution in [0.3, 0.4) is 0 Å². The quantitative estimate of drug-likeness (QED) is 0.489. The number of primary sulfonamides is 1. The molecule has 0 saturated heterocycles. The summed E-state index contributed by atoms with van der Waals surface area (Å²) in [5.74, 6) is 0.553. The Balaban J connectivity index is 1.96. The molecule has 0 aliphatic heterocycles. The average Bonchev–Trinajstić information content (AvgIpc) is 2.72. The summed E-state index contributed by atoms with van der Waals surface area (Å²) >= 11 is 0. The van der Waals surface area contributed by atoms with Gasteiger partial charge in [0.05, 0.1) is 15.9 Å². The van der Waals surface area contributed by atoms with Gasteiger partial charge in [0, 0.05) is 18.7 Å². The third kappa shape index (κ3) is 4.41. The first-order valence-corrected chi connectivity index (χ1v) is 10.3. The number of benzene rings is 2. The minimum absolute atomic E-state index is 0.0379. The highest BCUT2D eigenvalue weighted by Gasteiger charge is 2.21. The molecule has 0 radical (unpaired) electrons. The molecular formula is C20H20N4O4S. The van der Waals surface area contributed by atoms with E-state index in [1.165, 1.54) is 18.2 Å². The Morgan fingerprint density at radius 1 is 1.03 bits per heavy atom. The van der Waals surface area contributed by atoms with Gasteiger partial charge in [0.15, 0.2) is 5.69 Å². The Kier molecular flexibility index (Phi) is 5.62. The summed E-state index contributed by atoms with van der Waals surface area (Å²) in [6.45, 7) is 1.93. The maximum Gasteiger partial charge on any atom is 0.295 e. The minimum atomic E-state index is -3.76. The van der Waals surface area contributed by atoms with Crippen LogP contribution in [-0.2, 0) is 10.0 Å². The van der Waals surface area contributed by atoms with E-state index in [2.05, 4.69) is 4.98 Å². The van der Waals surface area contributed by atoms with Gasteiger partial charge in [-0.2, -0.15) is 0 Å². The Hall–Kier alpha value is -3.30. The summed E-state index contributed by atoms with van der Waals surface area (Å²) in [6.07, 6.45) is 0. The topological polar surface area (TPSA) is 119 Å². The Bertz CT molecular complexity index is 1130. The van der Waals surface area contributed by atoms with E-state index < -0.39 is 14.9 Å². The molecule has 0 aliphatic rings. The Morgan fingerprint density at radius 2 is 1.66 bits per heavy atom. The molecule has 1 atom stereocenters. The molecule has 3 rings (SSSR count). The normalized spacial score (nSPS) is 12.4. The second-order valence-corrected chi connectivity index (χ2v) is 8.12. The van der Waals surface area contributed by atoms with Crippen LogP contribution in [0.15, 0.2) is 71.6 Å². The van der Waals surface area contributed by atoms with E-state index in [-0.39, 0.29) is 22.3 Å². The van der Waals surface area contributed by atoms with Gasteiger partial charge in [-0.3, -0.25) is 10.1 Å². The van der Waals surface area contributed by atoms with Gasteiger partial charge in [-0.1, -0.05) is 42.5 Å². The molecule has 0 bridgehead atoms. The molecule has 0 aliphatic carbocycles. The second-order valence-electron chi connectivity index (χ2n) is 6.56. The Morgan fingerprint density at radius 3 is 2.21 bits per heavy atom. The van der Waals surface area contributed by atoms with Crippen molar-refractivity contribution in [2.45, 2.75) is 17.9 Å². The van der Waals surface area contributed by atoms with Crippen molar-refractivity contribution < 1.29 is 13.3 Å². The summed E-state index contributed by atoms with van der Waals surface area (Å²) in [5, 5.41) is 16.6. The molecule has 3 aromatic rings. The van der Waals surface area contributed by atoms with Gasteiger partial charge >= 0.3 is 0 Å². The third-order valence-corrected chi connectivity index (χ3v) is 5.67. The zero-order chi connectivity index (χ0) is 21.2. The lowest BCUT2D eigenvalue weighted by atomic mass is 10.1. The molecule has 0 saturated carbocycles. The van der Waals surface area contributed by atoms with Crippen LogP contribution in [0, 0.1) is 10.1 Å². The molecule has 2 N–H and O–H groups in total. The Labute approximate surface area is 168 Å². The fourth-order valence-electron chi connectivity index (χ4n) is 2.95. The smallest absolute Gasteiger partial charge is 0.295 e. The highest BCUT2D eigenvalue weighted by molar-refractivity contribution is 7.89. The van der Waals surface area contributed by atoms with E-state index in [0.717, 1.165) is 5.56 Å². The zero-order valence-electron chi connectivity index (χ0n) is 15.9. The summed E-state index contributed by atoms with van der Waals surface area (Å²) in [6, 6.07) is 18.1.